The first-order valence-corrected chi connectivity index (χ1v) is 8.78. The molecule has 2 aromatic rings. The summed E-state index contributed by atoms with van der Waals surface area (Å²) in [5, 5.41) is 18.6. The molecular formula is C18H17FN5OS+. The van der Waals surface area contributed by atoms with E-state index in [1.54, 1.807) is 17.0 Å². The highest BCUT2D eigenvalue weighted by molar-refractivity contribution is 7.99. The summed E-state index contributed by atoms with van der Waals surface area (Å²) in [6.07, 6.45) is 0. The van der Waals surface area contributed by atoms with Crippen molar-refractivity contribution in [2.75, 3.05) is 18.0 Å². The number of benzene rings is 1. The SMILES string of the molecule is CCN(Cc1cccc(F)c1)C(=O)CSc1[nH+]c(N)c(C#N)cc1C#N. The Labute approximate surface area is 155 Å². The fourth-order valence-electron chi connectivity index (χ4n) is 2.29. The van der Waals surface area contributed by atoms with Crippen LogP contribution in [-0.4, -0.2) is 23.1 Å². The number of thioether (sulfide) groups is 1. The molecule has 0 saturated carbocycles. The molecule has 0 atom stereocenters. The van der Waals surface area contributed by atoms with Gasteiger partial charge in [0.2, 0.25) is 5.91 Å². The lowest BCUT2D eigenvalue weighted by Crippen LogP contribution is -2.32. The van der Waals surface area contributed by atoms with E-state index in [1.165, 1.54) is 18.2 Å². The number of rotatable bonds is 6. The van der Waals surface area contributed by atoms with Gasteiger partial charge in [-0.1, -0.05) is 23.9 Å². The van der Waals surface area contributed by atoms with Crippen molar-refractivity contribution in [2.45, 2.75) is 18.5 Å². The summed E-state index contributed by atoms with van der Waals surface area (Å²) in [4.78, 5) is 16.9. The molecule has 0 radical (unpaired) electrons. The van der Waals surface area contributed by atoms with Gasteiger partial charge in [-0.3, -0.25) is 10.5 Å². The van der Waals surface area contributed by atoms with Gasteiger partial charge >= 0.3 is 0 Å². The number of anilines is 1. The van der Waals surface area contributed by atoms with E-state index in [9.17, 15) is 14.4 Å². The van der Waals surface area contributed by atoms with Crippen LogP contribution >= 0.6 is 11.8 Å². The highest BCUT2D eigenvalue weighted by Crippen LogP contribution is 2.21. The lowest BCUT2D eigenvalue weighted by Gasteiger charge is -2.20. The third-order valence-corrected chi connectivity index (χ3v) is 4.65. The molecule has 0 saturated heterocycles. The van der Waals surface area contributed by atoms with Crippen LogP contribution in [0.15, 0.2) is 35.4 Å². The molecule has 1 heterocycles. The number of amides is 1. The van der Waals surface area contributed by atoms with Crippen molar-refractivity contribution in [1.82, 2.24) is 4.90 Å². The number of hydrogen-bond donors (Lipinski definition) is 1. The highest BCUT2D eigenvalue weighted by Gasteiger charge is 2.18. The van der Waals surface area contributed by atoms with E-state index in [1.807, 2.05) is 19.1 Å². The molecule has 0 aliphatic heterocycles. The zero-order valence-electron chi connectivity index (χ0n) is 14.1. The molecule has 1 amide bonds. The van der Waals surface area contributed by atoms with Crippen LogP contribution in [-0.2, 0) is 11.3 Å². The molecule has 26 heavy (non-hydrogen) atoms. The average Bonchev–Trinajstić information content (AvgIpc) is 2.64. The Hall–Kier alpha value is -3.10. The molecule has 1 aromatic heterocycles. The van der Waals surface area contributed by atoms with Crippen molar-refractivity contribution < 1.29 is 14.2 Å². The molecule has 2 rings (SSSR count). The largest absolute Gasteiger partial charge is 0.338 e. The van der Waals surface area contributed by atoms with Gasteiger partial charge < -0.3 is 4.90 Å². The van der Waals surface area contributed by atoms with E-state index >= 15 is 0 Å². The number of nitrogens with one attached hydrogen (secondary N) is 1. The number of nitriles is 2. The minimum absolute atomic E-state index is 0.0830. The number of nitrogen functional groups attached to an aromatic ring is 1. The molecule has 0 unspecified atom stereocenters. The van der Waals surface area contributed by atoms with Gasteiger partial charge in [0.25, 0.3) is 5.82 Å². The Morgan fingerprint density at radius 1 is 1.31 bits per heavy atom. The third kappa shape index (κ3) is 4.71. The van der Waals surface area contributed by atoms with Crippen molar-refractivity contribution in [3.63, 3.8) is 0 Å². The van der Waals surface area contributed by atoms with Crippen LogP contribution in [0.5, 0.6) is 0 Å². The summed E-state index contributed by atoms with van der Waals surface area (Å²) < 4.78 is 13.3. The van der Waals surface area contributed by atoms with E-state index < -0.39 is 0 Å². The smallest absolute Gasteiger partial charge is 0.289 e. The second-order valence-corrected chi connectivity index (χ2v) is 6.38. The fraction of sp³-hybridized carbons (Fsp3) is 0.222. The number of aromatic amines is 1. The number of H-pyrrole nitrogens is 1. The van der Waals surface area contributed by atoms with Crippen molar-refractivity contribution in [3.8, 4) is 12.1 Å². The lowest BCUT2D eigenvalue weighted by atomic mass is 10.2. The van der Waals surface area contributed by atoms with E-state index in [2.05, 4.69) is 4.98 Å². The second-order valence-electron chi connectivity index (χ2n) is 5.39. The number of carbonyl (C=O) groups excluding carboxylic acids is 1. The van der Waals surface area contributed by atoms with Gasteiger partial charge in [0.05, 0.1) is 5.75 Å². The summed E-state index contributed by atoms with van der Waals surface area (Å²) in [5.74, 6) is -0.267. The van der Waals surface area contributed by atoms with E-state index in [4.69, 9.17) is 11.0 Å². The Bertz CT molecular complexity index is 903. The predicted octanol–water partition coefficient (Wildman–Crippen LogP) is 2.11. The van der Waals surface area contributed by atoms with E-state index in [-0.39, 0.29) is 34.4 Å². The predicted molar refractivity (Wildman–Crippen MR) is 95.1 cm³/mol. The summed E-state index contributed by atoms with van der Waals surface area (Å²) >= 11 is 1.14. The second kappa shape index (κ2) is 8.84. The molecule has 132 valence electrons. The van der Waals surface area contributed by atoms with E-state index in [0.29, 0.717) is 23.7 Å². The number of nitrogens with zero attached hydrogens (tertiary/aromatic N) is 3. The van der Waals surface area contributed by atoms with Crippen LogP contribution in [0.25, 0.3) is 0 Å². The maximum atomic E-state index is 13.3. The van der Waals surface area contributed by atoms with Crippen LogP contribution in [0.3, 0.4) is 0 Å². The molecule has 0 fully saturated rings. The Balaban J connectivity index is 2.08. The van der Waals surface area contributed by atoms with E-state index in [0.717, 1.165) is 11.8 Å². The summed E-state index contributed by atoms with van der Waals surface area (Å²) in [6.45, 7) is 2.62. The van der Waals surface area contributed by atoms with Gasteiger partial charge in [0, 0.05) is 13.1 Å². The molecule has 6 nitrogen and oxygen atoms in total. The molecule has 8 heteroatoms. The Morgan fingerprint density at radius 2 is 2.04 bits per heavy atom. The number of pyridine rings is 1. The Morgan fingerprint density at radius 3 is 2.65 bits per heavy atom. The Kier molecular flexibility index (Phi) is 6.54. The van der Waals surface area contributed by atoms with Crippen molar-refractivity contribution >= 4 is 23.5 Å². The first-order valence-electron chi connectivity index (χ1n) is 7.79. The quantitative estimate of drug-likeness (QED) is 0.784. The fourth-order valence-corrected chi connectivity index (χ4v) is 3.18. The zero-order valence-corrected chi connectivity index (χ0v) is 14.9. The van der Waals surface area contributed by atoms with Crippen LogP contribution < -0.4 is 10.7 Å². The van der Waals surface area contributed by atoms with Gasteiger partial charge in [0.15, 0.2) is 5.03 Å². The van der Waals surface area contributed by atoms with Gasteiger partial charge in [-0.25, -0.2) is 9.37 Å². The minimum atomic E-state index is -0.346. The third-order valence-electron chi connectivity index (χ3n) is 3.65. The lowest BCUT2D eigenvalue weighted by molar-refractivity contribution is -0.410. The summed E-state index contributed by atoms with van der Waals surface area (Å²) in [6, 6.07) is 11.4. The number of nitrogens with two attached hydrogens (primary N) is 1. The highest BCUT2D eigenvalue weighted by atomic mass is 32.2. The standard InChI is InChI=1S/C18H16FN5OS/c1-2-24(10-12-4-3-5-15(19)6-12)16(25)11-26-18-14(9-21)7-13(8-20)17(22)23-18/h3-7H,2,10-11H2,1H3,(H2,22,23)/p+1. The molecule has 3 N–H and O–H groups in total. The first kappa shape index (κ1) is 19.2. The normalized spacial score (nSPS) is 10.0. The molecule has 0 bridgehead atoms. The molecule has 1 aromatic carbocycles. The number of aromatic nitrogens is 1. The van der Waals surface area contributed by atoms with Crippen LogP contribution in [0.1, 0.15) is 23.6 Å². The number of carbonyl (C=O) groups is 1. The van der Waals surface area contributed by atoms with Crippen molar-refractivity contribution in [1.29, 1.82) is 10.5 Å². The topological polar surface area (TPSA) is 108 Å². The van der Waals surface area contributed by atoms with Crippen LogP contribution in [0.4, 0.5) is 10.2 Å². The molecular weight excluding hydrogens is 353 g/mol. The molecule has 0 aliphatic rings. The van der Waals surface area contributed by atoms with Gasteiger partial charge in [-0.05, 0) is 30.7 Å². The van der Waals surface area contributed by atoms with Crippen LogP contribution in [0.2, 0.25) is 0 Å². The monoisotopic (exact) mass is 370 g/mol. The number of halogens is 1. The first-order chi connectivity index (χ1) is 12.5. The molecule has 0 aliphatic carbocycles. The van der Waals surface area contributed by atoms with Gasteiger partial charge in [0.1, 0.15) is 29.1 Å². The van der Waals surface area contributed by atoms with Crippen molar-refractivity contribution in [3.05, 3.63) is 52.8 Å². The van der Waals surface area contributed by atoms with Crippen molar-refractivity contribution in [2.24, 2.45) is 0 Å². The maximum Gasteiger partial charge on any atom is 0.289 e. The van der Waals surface area contributed by atoms with Crippen LogP contribution in [0, 0.1) is 28.5 Å². The average molecular weight is 370 g/mol. The zero-order chi connectivity index (χ0) is 19.1. The molecule has 0 spiro atoms. The summed E-state index contributed by atoms with van der Waals surface area (Å²) in [5.41, 5.74) is 6.87. The van der Waals surface area contributed by atoms with Gasteiger partial charge in [-0.15, -0.1) is 0 Å². The maximum absolute atomic E-state index is 13.3. The minimum Gasteiger partial charge on any atom is -0.338 e. The number of hydrogen-bond acceptors (Lipinski definition) is 5. The summed E-state index contributed by atoms with van der Waals surface area (Å²) in [7, 11) is 0. The van der Waals surface area contributed by atoms with Gasteiger partial charge in [-0.2, -0.15) is 10.5 Å².